The molecule has 2 rings (SSSR count). The van der Waals surface area contributed by atoms with Gasteiger partial charge in [-0.1, -0.05) is 25.0 Å². The summed E-state index contributed by atoms with van der Waals surface area (Å²) >= 11 is 0. The van der Waals surface area contributed by atoms with Crippen LogP contribution in [0.25, 0.3) is 0 Å². The van der Waals surface area contributed by atoms with Crippen LogP contribution >= 0.6 is 23.5 Å². The summed E-state index contributed by atoms with van der Waals surface area (Å²) in [7, 11) is -17.1. The first-order chi connectivity index (χ1) is 16.4. The average molecular weight is 580 g/mol. The third kappa shape index (κ3) is 8.92. The molecule has 7 atom stereocenters. The van der Waals surface area contributed by atoms with Crippen molar-refractivity contribution in [3.63, 3.8) is 0 Å². The number of aliphatic hydroxyl groups is 2. The molecule has 0 aliphatic carbocycles. The van der Waals surface area contributed by atoms with E-state index < -0.39 is 65.4 Å². The largest absolute Gasteiger partial charge is 0.490 e. The predicted molar refractivity (Wildman–Crippen MR) is 119 cm³/mol. The minimum absolute atomic E-state index is 0.259. The molecule has 1 aliphatic rings. The third-order valence-corrected chi connectivity index (χ3v) is 8.62. The molecule has 1 aromatic heterocycles. The van der Waals surface area contributed by atoms with Crippen LogP contribution in [0.15, 0.2) is 33.5 Å². The van der Waals surface area contributed by atoms with E-state index >= 15 is 0 Å². The van der Waals surface area contributed by atoms with E-state index in [4.69, 9.17) is 19.0 Å². The Hall–Kier alpha value is -1.29. The fraction of sp³-hybridized carbons (Fsp3) is 0.625. The van der Waals surface area contributed by atoms with Crippen molar-refractivity contribution < 1.29 is 61.4 Å². The highest BCUT2D eigenvalue weighted by molar-refractivity contribution is 7.66. The number of ether oxygens (including phenoxy) is 1. The zero-order chi connectivity index (χ0) is 27.5. The molecule has 1 aromatic rings. The van der Waals surface area contributed by atoms with Gasteiger partial charge in [0, 0.05) is 12.3 Å². The van der Waals surface area contributed by atoms with Crippen LogP contribution in [-0.4, -0.2) is 63.8 Å². The average Bonchev–Trinajstić information content (AvgIpc) is 2.98. The Bertz CT molecular complexity index is 1210. The highest BCUT2D eigenvalue weighted by atomic mass is 31.3. The van der Waals surface area contributed by atoms with Crippen LogP contribution in [0.5, 0.6) is 0 Å². The summed E-state index contributed by atoms with van der Waals surface area (Å²) in [5.41, 5.74) is -1.21. The molecule has 0 radical (unpaired) electrons. The zero-order valence-electron chi connectivity index (χ0n) is 18.9. The first kappa shape index (κ1) is 30.9. The highest BCUT2D eigenvalue weighted by Gasteiger charge is 2.51. The van der Waals surface area contributed by atoms with Crippen LogP contribution in [0, 0.1) is 0 Å². The number of phosphoric ester groups is 1. The van der Waals surface area contributed by atoms with Gasteiger partial charge in [-0.15, -0.1) is 0 Å². The Balaban J connectivity index is 2.37. The predicted octanol–water partition coefficient (Wildman–Crippen LogP) is 0.00420. The molecule has 17 nitrogen and oxygen atoms in total. The zero-order valence-corrected chi connectivity index (χ0v) is 21.6. The minimum atomic E-state index is -5.82. The van der Waals surface area contributed by atoms with Crippen LogP contribution in [0.4, 0.5) is 0 Å². The van der Waals surface area contributed by atoms with Gasteiger partial charge >= 0.3 is 29.2 Å². The number of unbranched alkanes of at least 4 members (excludes halogenated alkanes) is 1. The number of nitrogens with zero attached hydrogens (tertiary/aromatic N) is 1. The molecule has 2 heterocycles. The molecule has 1 fully saturated rings. The first-order valence-corrected chi connectivity index (χ1v) is 14.8. The second kappa shape index (κ2) is 12.0. The number of nitrogens with one attached hydrogen (secondary N) is 1. The topological polar surface area (TPSA) is 264 Å². The molecule has 0 aromatic carbocycles. The van der Waals surface area contributed by atoms with E-state index in [0.717, 1.165) is 23.3 Å². The second-order valence-electron chi connectivity index (χ2n) is 7.77. The number of aliphatic hydroxyl groups excluding tert-OH is 2. The van der Waals surface area contributed by atoms with Crippen molar-refractivity contribution in [3.8, 4) is 0 Å². The van der Waals surface area contributed by atoms with Crippen LogP contribution in [0.2, 0.25) is 0 Å². The highest BCUT2D eigenvalue weighted by Crippen LogP contribution is 2.67. The fourth-order valence-electron chi connectivity index (χ4n) is 3.33. The summed E-state index contributed by atoms with van der Waals surface area (Å²) < 4.78 is 53.6. The van der Waals surface area contributed by atoms with Crippen molar-refractivity contribution in [2.24, 2.45) is 0 Å². The van der Waals surface area contributed by atoms with E-state index in [1.54, 1.807) is 13.0 Å². The van der Waals surface area contributed by atoms with Gasteiger partial charge in [-0.2, -0.15) is 8.62 Å². The summed E-state index contributed by atoms with van der Waals surface area (Å²) in [6, 6.07) is 0.943. The Kier molecular flexibility index (Phi) is 10.4. The number of aromatic nitrogens is 2. The number of H-pyrrole nitrogens is 1. The number of rotatable bonds is 12. The van der Waals surface area contributed by atoms with E-state index in [2.05, 4.69) is 8.62 Å². The molecule has 0 spiro atoms. The number of phosphoric acid groups is 3. The molecule has 0 saturated carbocycles. The Morgan fingerprint density at radius 1 is 1.14 bits per heavy atom. The summed E-state index contributed by atoms with van der Waals surface area (Å²) in [6.07, 6.45) is -4.78. The van der Waals surface area contributed by atoms with E-state index in [0.29, 0.717) is 12.0 Å². The van der Waals surface area contributed by atoms with E-state index in [-0.39, 0.29) is 6.42 Å². The quantitative estimate of drug-likeness (QED) is 0.127. The van der Waals surface area contributed by atoms with Crippen molar-refractivity contribution in [1.82, 2.24) is 9.55 Å². The molecular formula is C16H27N2O15P3. The van der Waals surface area contributed by atoms with Crippen molar-refractivity contribution in [2.45, 2.75) is 63.8 Å². The normalized spacial score (nSPS) is 27.4. The van der Waals surface area contributed by atoms with E-state index in [9.17, 15) is 43.3 Å². The van der Waals surface area contributed by atoms with Crippen molar-refractivity contribution in [1.29, 1.82) is 0 Å². The molecule has 0 amide bonds. The van der Waals surface area contributed by atoms with Gasteiger partial charge in [0.1, 0.15) is 24.4 Å². The molecule has 1 aliphatic heterocycles. The molecule has 1 saturated heterocycles. The summed E-state index contributed by atoms with van der Waals surface area (Å²) in [6.45, 7) is 3.46. The lowest BCUT2D eigenvalue weighted by molar-refractivity contribution is -0.0828. The van der Waals surface area contributed by atoms with Crippen LogP contribution < -0.4 is 11.2 Å². The van der Waals surface area contributed by atoms with E-state index in [1.165, 1.54) is 0 Å². The maximum atomic E-state index is 12.4. The van der Waals surface area contributed by atoms with Gasteiger partial charge in [0.05, 0.1) is 0 Å². The summed E-state index contributed by atoms with van der Waals surface area (Å²) in [5.74, 6) is 0. The standard InChI is InChI=1S/C16H27N2O15P3/c1-3-4-5-9(2)8-10(31-35(26,27)33-36(28,29)32-34(23,24)25)14-12(20)13(21)15(30-14)18-7-6-11(19)17-16(18)22/h5-7,10,12-15,20-21H,3-4,8H2,1-2H3,(H,26,27)(H,28,29)(H,17,19,22)(H2,23,24,25)/t10?,12-,13+,14+,15+/m0/s1. The fourth-order valence-corrected chi connectivity index (χ4v) is 6.52. The molecule has 0 bridgehead atoms. The maximum absolute atomic E-state index is 12.4. The van der Waals surface area contributed by atoms with Gasteiger partial charge in [0.15, 0.2) is 6.23 Å². The van der Waals surface area contributed by atoms with Gasteiger partial charge in [-0.25, -0.2) is 18.5 Å². The van der Waals surface area contributed by atoms with Crippen LogP contribution in [-0.2, 0) is 31.6 Å². The van der Waals surface area contributed by atoms with Crippen molar-refractivity contribution in [2.75, 3.05) is 0 Å². The van der Waals surface area contributed by atoms with Gasteiger partial charge < -0.3 is 34.5 Å². The SMILES string of the molecule is CCCC=C(C)CC(OP(=O)(O)OP(=O)(O)OP(=O)(O)O)[C@H]1O[C@@H](n2ccc(=O)[nH]c2=O)[C@H](O)[C@@H]1O. The maximum Gasteiger partial charge on any atom is 0.490 e. The molecule has 20 heteroatoms. The monoisotopic (exact) mass is 580 g/mol. The second-order valence-corrected chi connectivity index (χ2v) is 12.1. The molecule has 3 unspecified atom stereocenters. The Labute approximate surface area is 203 Å². The lowest BCUT2D eigenvalue weighted by Gasteiger charge is -2.28. The Morgan fingerprint density at radius 2 is 1.78 bits per heavy atom. The molecule has 7 N–H and O–H groups in total. The van der Waals surface area contributed by atoms with Crippen LogP contribution in [0.1, 0.15) is 39.3 Å². The number of allylic oxidation sites excluding steroid dienone is 1. The summed E-state index contributed by atoms with van der Waals surface area (Å²) in [4.78, 5) is 62.1. The van der Waals surface area contributed by atoms with Crippen molar-refractivity contribution >= 4 is 23.5 Å². The number of hydrogen-bond acceptors (Lipinski definition) is 11. The lowest BCUT2D eigenvalue weighted by atomic mass is 9.99. The Morgan fingerprint density at radius 3 is 2.33 bits per heavy atom. The minimum Gasteiger partial charge on any atom is -0.387 e. The summed E-state index contributed by atoms with van der Waals surface area (Å²) in [5, 5.41) is 21.0. The van der Waals surface area contributed by atoms with Gasteiger partial charge in [-0.3, -0.25) is 18.9 Å². The van der Waals surface area contributed by atoms with E-state index in [1.807, 2.05) is 11.9 Å². The molecular weight excluding hydrogens is 553 g/mol. The smallest absolute Gasteiger partial charge is 0.387 e. The number of aromatic amines is 1. The lowest BCUT2D eigenvalue weighted by Crippen LogP contribution is -2.40. The van der Waals surface area contributed by atoms with Crippen LogP contribution in [0.3, 0.4) is 0 Å². The van der Waals surface area contributed by atoms with Gasteiger partial charge in [-0.05, 0) is 19.8 Å². The van der Waals surface area contributed by atoms with Crippen molar-refractivity contribution in [3.05, 3.63) is 44.8 Å². The number of hydrogen-bond donors (Lipinski definition) is 7. The van der Waals surface area contributed by atoms with Gasteiger partial charge in [0.2, 0.25) is 0 Å². The van der Waals surface area contributed by atoms with Gasteiger partial charge in [0.25, 0.3) is 5.56 Å². The third-order valence-electron chi connectivity index (χ3n) is 4.76. The molecule has 36 heavy (non-hydrogen) atoms. The first-order valence-electron chi connectivity index (χ1n) is 10.3. The molecule has 206 valence electrons.